The first-order valence-corrected chi connectivity index (χ1v) is 10.6. The van der Waals surface area contributed by atoms with Crippen molar-refractivity contribution in [2.45, 2.75) is 39.0 Å². The predicted molar refractivity (Wildman–Crippen MR) is 117 cm³/mol. The van der Waals surface area contributed by atoms with E-state index in [-0.39, 0.29) is 31.4 Å². The second kappa shape index (κ2) is 8.80. The molecule has 1 fully saturated rings. The van der Waals surface area contributed by atoms with Crippen LogP contribution in [0.15, 0.2) is 30.3 Å². The second-order valence-corrected chi connectivity index (χ2v) is 8.49. The Morgan fingerprint density at radius 1 is 1.19 bits per heavy atom. The average Bonchev–Trinajstić information content (AvgIpc) is 3.06. The molecule has 8 nitrogen and oxygen atoms in total. The summed E-state index contributed by atoms with van der Waals surface area (Å²) in [6, 6.07) is 7.67. The van der Waals surface area contributed by atoms with E-state index in [1.54, 1.807) is 31.2 Å². The Bertz CT molecular complexity index is 1150. The van der Waals surface area contributed by atoms with Crippen LogP contribution < -0.4 is 10.6 Å². The number of piperidine rings is 1. The van der Waals surface area contributed by atoms with Crippen LogP contribution in [-0.2, 0) is 27.5 Å². The number of imide groups is 1. The molecular weight excluding hydrogens is 457 g/mol. The fourth-order valence-electron chi connectivity index (χ4n) is 3.73. The van der Waals surface area contributed by atoms with Gasteiger partial charge in [0.25, 0.3) is 5.91 Å². The minimum atomic E-state index is -0.719. The Labute approximate surface area is 193 Å². The number of hydrogen-bond donors (Lipinski definition) is 2. The van der Waals surface area contributed by atoms with Gasteiger partial charge in [0, 0.05) is 23.6 Å². The highest BCUT2D eigenvalue weighted by atomic mass is 35.5. The molecule has 166 valence electrons. The van der Waals surface area contributed by atoms with Crippen LogP contribution in [0.25, 0.3) is 0 Å². The van der Waals surface area contributed by atoms with Crippen molar-refractivity contribution < 1.29 is 23.9 Å². The summed E-state index contributed by atoms with van der Waals surface area (Å²) in [4.78, 5) is 50.0. The highest BCUT2D eigenvalue weighted by Crippen LogP contribution is 2.30. The van der Waals surface area contributed by atoms with Crippen molar-refractivity contribution in [2.75, 3.05) is 5.32 Å². The van der Waals surface area contributed by atoms with E-state index in [1.165, 1.54) is 11.0 Å². The molecule has 4 amide bonds. The van der Waals surface area contributed by atoms with Crippen LogP contribution >= 0.6 is 23.2 Å². The third-order valence-electron chi connectivity index (χ3n) is 5.45. The largest absolute Gasteiger partial charge is 0.444 e. The number of anilines is 1. The molecule has 10 heteroatoms. The Morgan fingerprint density at radius 3 is 2.72 bits per heavy atom. The van der Waals surface area contributed by atoms with Crippen molar-refractivity contribution in [3.63, 3.8) is 0 Å². The van der Waals surface area contributed by atoms with E-state index in [4.69, 9.17) is 27.9 Å². The zero-order chi connectivity index (χ0) is 23.0. The summed E-state index contributed by atoms with van der Waals surface area (Å²) in [7, 11) is 0. The smallest absolute Gasteiger partial charge is 0.412 e. The Morgan fingerprint density at radius 2 is 1.97 bits per heavy atom. The van der Waals surface area contributed by atoms with Gasteiger partial charge in [0.1, 0.15) is 12.6 Å². The van der Waals surface area contributed by atoms with Gasteiger partial charge in [-0.1, -0.05) is 35.3 Å². The number of fused-ring (bicyclic) bond motifs is 1. The van der Waals surface area contributed by atoms with Crippen LogP contribution in [0.5, 0.6) is 0 Å². The van der Waals surface area contributed by atoms with Gasteiger partial charge in [-0.15, -0.1) is 0 Å². The van der Waals surface area contributed by atoms with Gasteiger partial charge in [-0.25, -0.2) is 4.79 Å². The van der Waals surface area contributed by atoms with E-state index in [0.717, 1.165) is 11.1 Å². The maximum atomic E-state index is 12.9. The fraction of sp³-hybridized carbons (Fsp3) is 0.273. The first-order valence-electron chi connectivity index (χ1n) is 9.89. The first kappa shape index (κ1) is 22.1. The molecule has 2 aromatic carbocycles. The standard InChI is InChI=1S/C22H19Cl2N3O5/c1-11-6-16(24)17(8-15(11)23)25-22(31)32-10-12-2-3-13-9-27(21(30)14(13)7-12)18-4-5-19(28)26-20(18)29/h2-3,6-8,18H,4-5,9-10H2,1H3,(H,25,31)(H,26,28,29). The molecule has 2 aliphatic rings. The SMILES string of the molecule is Cc1cc(Cl)c(NC(=O)OCc2ccc3c(c2)C(=O)N(C2CCC(=O)NC2=O)C3)cc1Cl. The van der Waals surface area contributed by atoms with Gasteiger partial charge in [-0.2, -0.15) is 0 Å². The van der Waals surface area contributed by atoms with Gasteiger partial charge in [-0.05, 0) is 48.2 Å². The quantitative estimate of drug-likeness (QED) is 0.654. The highest BCUT2D eigenvalue weighted by molar-refractivity contribution is 6.36. The zero-order valence-corrected chi connectivity index (χ0v) is 18.5. The molecule has 1 saturated heterocycles. The summed E-state index contributed by atoms with van der Waals surface area (Å²) in [6.07, 6.45) is -0.226. The van der Waals surface area contributed by atoms with Crippen LogP contribution in [-0.4, -0.2) is 34.8 Å². The van der Waals surface area contributed by atoms with Crippen molar-refractivity contribution in [2.24, 2.45) is 0 Å². The topological polar surface area (TPSA) is 105 Å². The van der Waals surface area contributed by atoms with Gasteiger partial charge < -0.3 is 9.64 Å². The first-order chi connectivity index (χ1) is 15.2. The summed E-state index contributed by atoms with van der Waals surface area (Å²) >= 11 is 12.2. The van der Waals surface area contributed by atoms with Crippen LogP contribution in [0.4, 0.5) is 10.5 Å². The number of amides is 4. The normalized spacial score (nSPS) is 17.8. The fourth-order valence-corrected chi connectivity index (χ4v) is 4.16. The molecule has 0 saturated carbocycles. The lowest BCUT2D eigenvalue weighted by Crippen LogP contribution is -2.52. The Hall–Kier alpha value is -3.10. The van der Waals surface area contributed by atoms with Crippen molar-refractivity contribution in [3.8, 4) is 0 Å². The number of aryl methyl sites for hydroxylation is 1. The average molecular weight is 476 g/mol. The number of benzene rings is 2. The number of rotatable bonds is 4. The number of halogens is 2. The lowest BCUT2D eigenvalue weighted by atomic mass is 10.0. The van der Waals surface area contributed by atoms with E-state index in [1.807, 2.05) is 0 Å². The van der Waals surface area contributed by atoms with Crippen LogP contribution in [0.3, 0.4) is 0 Å². The summed E-state index contributed by atoms with van der Waals surface area (Å²) in [6.45, 7) is 2.02. The van der Waals surface area contributed by atoms with E-state index in [9.17, 15) is 19.2 Å². The van der Waals surface area contributed by atoms with Gasteiger partial charge in [0.2, 0.25) is 11.8 Å². The molecule has 1 atom stereocenters. The van der Waals surface area contributed by atoms with Gasteiger partial charge in [0.15, 0.2) is 0 Å². The molecule has 0 bridgehead atoms. The summed E-state index contributed by atoms with van der Waals surface area (Å²) in [5.74, 6) is -1.08. The van der Waals surface area contributed by atoms with Crippen molar-refractivity contribution in [1.29, 1.82) is 0 Å². The van der Waals surface area contributed by atoms with Crippen LogP contribution in [0.1, 0.15) is 39.9 Å². The molecule has 4 rings (SSSR count). The van der Waals surface area contributed by atoms with Gasteiger partial charge in [0.05, 0.1) is 10.7 Å². The third-order valence-corrected chi connectivity index (χ3v) is 6.17. The number of carbonyl (C=O) groups is 4. The zero-order valence-electron chi connectivity index (χ0n) is 17.0. The maximum Gasteiger partial charge on any atom is 0.412 e. The Balaban J connectivity index is 1.40. The molecule has 2 aromatic rings. The molecule has 0 spiro atoms. The lowest BCUT2D eigenvalue weighted by molar-refractivity contribution is -0.136. The van der Waals surface area contributed by atoms with Crippen LogP contribution in [0.2, 0.25) is 10.0 Å². The molecule has 0 radical (unpaired) electrons. The minimum Gasteiger partial charge on any atom is -0.444 e. The van der Waals surface area contributed by atoms with E-state index in [0.29, 0.717) is 33.3 Å². The molecule has 2 heterocycles. The monoisotopic (exact) mass is 475 g/mol. The molecule has 1 unspecified atom stereocenters. The minimum absolute atomic E-state index is 0.0674. The van der Waals surface area contributed by atoms with Crippen molar-refractivity contribution >= 4 is 52.7 Å². The predicted octanol–water partition coefficient (Wildman–Crippen LogP) is 3.81. The van der Waals surface area contributed by atoms with Crippen molar-refractivity contribution in [1.82, 2.24) is 10.2 Å². The molecule has 0 aliphatic carbocycles. The number of hydrogen-bond acceptors (Lipinski definition) is 5. The van der Waals surface area contributed by atoms with Gasteiger partial charge >= 0.3 is 6.09 Å². The summed E-state index contributed by atoms with van der Waals surface area (Å²) in [5.41, 5.74) is 2.95. The lowest BCUT2D eigenvalue weighted by Gasteiger charge is -2.29. The van der Waals surface area contributed by atoms with Crippen molar-refractivity contribution in [3.05, 3.63) is 62.6 Å². The number of ether oxygens (including phenoxy) is 1. The van der Waals surface area contributed by atoms with E-state index < -0.39 is 18.0 Å². The number of nitrogens with zero attached hydrogens (tertiary/aromatic N) is 1. The molecule has 0 aromatic heterocycles. The second-order valence-electron chi connectivity index (χ2n) is 7.67. The van der Waals surface area contributed by atoms with E-state index >= 15 is 0 Å². The highest BCUT2D eigenvalue weighted by Gasteiger charge is 2.39. The van der Waals surface area contributed by atoms with Gasteiger partial charge in [-0.3, -0.25) is 25.0 Å². The molecular formula is C22H19Cl2N3O5. The molecule has 2 aliphatic heterocycles. The summed E-state index contributed by atoms with van der Waals surface area (Å²) in [5, 5.41) is 5.61. The third kappa shape index (κ3) is 4.42. The maximum absolute atomic E-state index is 12.9. The number of carbonyl (C=O) groups excluding carboxylic acids is 4. The Kier molecular flexibility index (Phi) is 6.08. The summed E-state index contributed by atoms with van der Waals surface area (Å²) < 4.78 is 5.25. The van der Waals surface area contributed by atoms with E-state index in [2.05, 4.69) is 10.6 Å². The number of nitrogens with one attached hydrogen (secondary N) is 2. The van der Waals surface area contributed by atoms with Crippen LogP contribution in [0, 0.1) is 6.92 Å². The molecule has 32 heavy (non-hydrogen) atoms. The molecule has 2 N–H and O–H groups in total.